The van der Waals surface area contributed by atoms with Gasteiger partial charge in [-0.2, -0.15) is 0 Å². The van der Waals surface area contributed by atoms with Gasteiger partial charge in [-0.3, -0.25) is 14.3 Å². The summed E-state index contributed by atoms with van der Waals surface area (Å²) in [6.07, 6.45) is 5.66. The molecule has 1 N–H and O–H groups in total. The van der Waals surface area contributed by atoms with E-state index in [2.05, 4.69) is 14.9 Å². The monoisotopic (exact) mass is 394 g/mol. The van der Waals surface area contributed by atoms with Gasteiger partial charge >= 0.3 is 0 Å². The molecule has 2 aromatic heterocycles. The molecule has 8 heteroatoms. The van der Waals surface area contributed by atoms with Crippen LogP contribution in [0, 0.1) is 0 Å². The fraction of sp³-hybridized carbons (Fsp3) is 0.429. The highest BCUT2D eigenvalue weighted by molar-refractivity contribution is 5.77. The number of fused-ring (bicyclic) bond motifs is 1. The zero-order valence-corrected chi connectivity index (χ0v) is 16.8. The number of benzene rings is 1. The first-order chi connectivity index (χ1) is 14.1. The van der Waals surface area contributed by atoms with Crippen molar-refractivity contribution in [2.75, 3.05) is 32.1 Å². The van der Waals surface area contributed by atoms with Gasteiger partial charge in [-0.15, -0.1) is 0 Å². The lowest BCUT2D eigenvalue weighted by Gasteiger charge is -2.26. The van der Waals surface area contributed by atoms with E-state index in [4.69, 9.17) is 4.98 Å². The number of aromatic nitrogens is 4. The van der Waals surface area contributed by atoms with Crippen molar-refractivity contribution in [3.05, 3.63) is 58.4 Å². The van der Waals surface area contributed by atoms with Crippen molar-refractivity contribution in [3.8, 4) is 0 Å². The van der Waals surface area contributed by atoms with E-state index in [1.54, 1.807) is 10.6 Å². The Balaban J connectivity index is 1.68. The molecule has 8 nitrogen and oxygen atoms in total. The van der Waals surface area contributed by atoms with Crippen LogP contribution in [-0.4, -0.2) is 56.8 Å². The van der Waals surface area contributed by atoms with Gasteiger partial charge in [0.25, 0.3) is 5.56 Å². The molecule has 1 aromatic carbocycles. The minimum atomic E-state index is -0.0977. The number of aliphatic hydroxyl groups excluding tert-OH is 1. The van der Waals surface area contributed by atoms with Gasteiger partial charge in [-0.25, -0.2) is 15.0 Å². The van der Waals surface area contributed by atoms with Crippen molar-refractivity contribution in [1.82, 2.24) is 24.4 Å². The highest BCUT2D eigenvalue weighted by atomic mass is 16.3. The van der Waals surface area contributed by atoms with Crippen molar-refractivity contribution in [1.29, 1.82) is 0 Å². The molecule has 1 saturated heterocycles. The second kappa shape index (κ2) is 8.26. The van der Waals surface area contributed by atoms with Crippen molar-refractivity contribution < 1.29 is 5.11 Å². The molecule has 3 aromatic rings. The number of aliphatic hydroxyl groups is 1. The van der Waals surface area contributed by atoms with Gasteiger partial charge in [0.1, 0.15) is 5.82 Å². The van der Waals surface area contributed by atoms with E-state index in [0.29, 0.717) is 23.4 Å². The van der Waals surface area contributed by atoms with Crippen molar-refractivity contribution in [2.24, 2.45) is 0 Å². The Bertz CT molecular complexity index is 1050. The minimum absolute atomic E-state index is 0.0207. The molecule has 0 amide bonds. The second-order valence-corrected chi connectivity index (χ2v) is 7.58. The molecule has 1 unspecified atom stereocenters. The Kier molecular flexibility index (Phi) is 5.55. The maximum atomic E-state index is 13.0. The number of hydrogen-bond donors (Lipinski definition) is 1. The van der Waals surface area contributed by atoms with Gasteiger partial charge in [0.2, 0.25) is 5.95 Å². The third-order valence-corrected chi connectivity index (χ3v) is 5.35. The first-order valence-corrected chi connectivity index (χ1v) is 9.91. The molecule has 1 atom stereocenters. The fourth-order valence-corrected chi connectivity index (χ4v) is 3.96. The predicted octanol–water partition coefficient (Wildman–Crippen LogP) is 1.58. The average Bonchev–Trinajstić information content (AvgIpc) is 3.18. The Morgan fingerprint density at radius 3 is 2.69 bits per heavy atom. The molecule has 3 heterocycles. The number of anilines is 1. The Morgan fingerprint density at radius 1 is 1.21 bits per heavy atom. The molecule has 0 saturated carbocycles. The van der Waals surface area contributed by atoms with Gasteiger partial charge in [-0.1, -0.05) is 12.1 Å². The Labute approximate surface area is 169 Å². The summed E-state index contributed by atoms with van der Waals surface area (Å²) >= 11 is 0. The molecule has 152 valence electrons. The number of hydrogen-bond acceptors (Lipinski definition) is 7. The van der Waals surface area contributed by atoms with Gasteiger partial charge in [-0.05, 0) is 31.5 Å². The quantitative estimate of drug-likeness (QED) is 0.679. The molecule has 0 aliphatic carbocycles. The van der Waals surface area contributed by atoms with Crippen LogP contribution in [0.1, 0.15) is 30.3 Å². The van der Waals surface area contributed by atoms with Gasteiger partial charge in [0.15, 0.2) is 0 Å². The summed E-state index contributed by atoms with van der Waals surface area (Å²) in [7, 11) is 3.83. The van der Waals surface area contributed by atoms with E-state index in [0.717, 1.165) is 30.8 Å². The van der Waals surface area contributed by atoms with Crippen LogP contribution in [0.2, 0.25) is 0 Å². The summed E-state index contributed by atoms with van der Waals surface area (Å²) in [6, 6.07) is 7.42. The second-order valence-electron chi connectivity index (χ2n) is 7.58. The van der Waals surface area contributed by atoms with Crippen LogP contribution in [0.4, 0.5) is 5.95 Å². The summed E-state index contributed by atoms with van der Waals surface area (Å²) < 4.78 is 1.64. The predicted molar refractivity (Wildman–Crippen MR) is 112 cm³/mol. The van der Waals surface area contributed by atoms with Gasteiger partial charge < -0.3 is 10.0 Å². The number of likely N-dealkylation sites (tertiary alicyclic amines) is 1. The SMILES string of the molecule is CN(C)c1ncc(CN2CCCC2c2nc3ccccc3c(=O)n2CCO)cn1. The number of nitrogens with zero attached hydrogens (tertiary/aromatic N) is 6. The summed E-state index contributed by atoms with van der Waals surface area (Å²) in [4.78, 5) is 30.9. The summed E-state index contributed by atoms with van der Waals surface area (Å²) in [5.74, 6) is 1.41. The highest BCUT2D eigenvalue weighted by Gasteiger charge is 2.30. The minimum Gasteiger partial charge on any atom is -0.395 e. The summed E-state index contributed by atoms with van der Waals surface area (Å²) in [5, 5.41) is 10.1. The van der Waals surface area contributed by atoms with Crippen LogP contribution < -0.4 is 10.5 Å². The first-order valence-electron chi connectivity index (χ1n) is 9.91. The van der Waals surface area contributed by atoms with Gasteiger partial charge in [0.05, 0.1) is 30.1 Å². The third-order valence-electron chi connectivity index (χ3n) is 5.35. The third kappa shape index (κ3) is 3.86. The largest absolute Gasteiger partial charge is 0.395 e. The summed E-state index contributed by atoms with van der Waals surface area (Å²) in [6.45, 7) is 1.76. The lowest BCUT2D eigenvalue weighted by atomic mass is 10.1. The molecule has 4 rings (SSSR count). The lowest BCUT2D eigenvalue weighted by Crippen LogP contribution is -2.33. The van der Waals surface area contributed by atoms with E-state index in [1.807, 2.05) is 49.6 Å². The molecule has 0 radical (unpaired) electrons. The maximum Gasteiger partial charge on any atom is 0.261 e. The zero-order chi connectivity index (χ0) is 20.4. The van der Waals surface area contributed by atoms with E-state index < -0.39 is 0 Å². The standard InChI is InChI=1S/C21H26N6O2/c1-25(2)21-22-12-15(13-23-21)14-26-9-5-8-18(26)19-24-17-7-4-3-6-16(17)20(29)27(19)10-11-28/h3-4,6-7,12-13,18,28H,5,8-11,14H2,1-2H3. The average molecular weight is 394 g/mol. The van der Waals surface area contributed by atoms with Gasteiger partial charge in [0, 0.05) is 38.6 Å². The van der Waals surface area contributed by atoms with E-state index in [9.17, 15) is 9.90 Å². The van der Waals surface area contributed by atoms with E-state index in [1.165, 1.54) is 0 Å². The topological polar surface area (TPSA) is 87.4 Å². The van der Waals surface area contributed by atoms with Crippen LogP contribution >= 0.6 is 0 Å². The summed E-state index contributed by atoms with van der Waals surface area (Å²) in [5.41, 5.74) is 1.64. The van der Waals surface area contributed by atoms with Crippen molar-refractivity contribution >= 4 is 16.9 Å². The molecular weight excluding hydrogens is 368 g/mol. The molecule has 1 aliphatic heterocycles. The fourth-order valence-electron chi connectivity index (χ4n) is 3.96. The molecular formula is C21H26N6O2. The van der Waals surface area contributed by atoms with Crippen LogP contribution in [0.3, 0.4) is 0 Å². The smallest absolute Gasteiger partial charge is 0.261 e. The Hall–Kier alpha value is -2.84. The molecule has 1 aliphatic rings. The van der Waals surface area contributed by atoms with E-state index in [-0.39, 0.29) is 24.8 Å². The number of para-hydroxylation sites is 1. The van der Waals surface area contributed by atoms with Crippen LogP contribution in [0.15, 0.2) is 41.5 Å². The first kappa shape index (κ1) is 19.5. The van der Waals surface area contributed by atoms with Crippen LogP contribution in [0.25, 0.3) is 10.9 Å². The normalized spacial score (nSPS) is 17.1. The van der Waals surface area contributed by atoms with Crippen LogP contribution in [-0.2, 0) is 13.1 Å². The molecule has 0 spiro atoms. The maximum absolute atomic E-state index is 13.0. The lowest BCUT2D eigenvalue weighted by molar-refractivity contribution is 0.223. The molecule has 0 bridgehead atoms. The molecule has 1 fully saturated rings. The van der Waals surface area contributed by atoms with Crippen molar-refractivity contribution in [2.45, 2.75) is 32.0 Å². The zero-order valence-electron chi connectivity index (χ0n) is 16.8. The molecule has 29 heavy (non-hydrogen) atoms. The van der Waals surface area contributed by atoms with Crippen LogP contribution in [0.5, 0.6) is 0 Å². The highest BCUT2D eigenvalue weighted by Crippen LogP contribution is 2.32. The van der Waals surface area contributed by atoms with Crippen molar-refractivity contribution in [3.63, 3.8) is 0 Å². The number of rotatable bonds is 6. The van der Waals surface area contributed by atoms with E-state index >= 15 is 0 Å². The Morgan fingerprint density at radius 2 is 1.97 bits per heavy atom.